The third-order valence-corrected chi connectivity index (χ3v) is 5.91. The molecule has 6 heteroatoms. The highest BCUT2D eigenvalue weighted by Crippen LogP contribution is 2.45. The van der Waals surface area contributed by atoms with E-state index >= 15 is 0 Å². The van der Waals surface area contributed by atoms with E-state index in [-0.39, 0.29) is 0 Å². The summed E-state index contributed by atoms with van der Waals surface area (Å²) in [5.41, 5.74) is 3.61. The molecule has 3 aromatic rings. The molecule has 0 fully saturated rings. The summed E-state index contributed by atoms with van der Waals surface area (Å²) in [6, 6.07) is 14.2. The molecule has 27 heavy (non-hydrogen) atoms. The topological polar surface area (TPSA) is 56.5 Å². The number of rotatable bonds is 6. The van der Waals surface area contributed by atoms with Crippen molar-refractivity contribution in [3.63, 3.8) is 0 Å². The minimum absolute atomic E-state index is 0.472. The van der Waals surface area contributed by atoms with Gasteiger partial charge in [-0.3, -0.25) is 0 Å². The minimum atomic E-state index is 0.472. The SMILES string of the molecule is CCC1Cc2c(NSc3c(OC)cccc3OC)noc2-c2ccccc21. The van der Waals surface area contributed by atoms with Gasteiger partial charge in [0.2, 0.25) is 0 Å². The molecule has 0 amide bonds. The molecular weight excluding hydrogens is 360 g/mol. The van der Waals surface area contributed by atoms with Gasteiger partial charge in [-0.1, -0.05) is 42.4 Å². The molecule has 1 aliphatic rings. The van der Waals surface area contributed by atoms with E-state index in [1.54, 1.807) is 14.2 Å². The Kier molecular flexibility index (Phi) is 4.99. The summed E-state index contributed by atoms with van der Waals surface area (Å²) in [6.45, 7) is 2.22. The number of nitrogens with zero attached hydrogens (tertiary/aromatic N) is 1. The number of anilines is 1. The highest BCUT2D eigenvalue weighted by Gasteiger charge is 2.30. The average molecular weight is 382 g/mol. The van der Waals surface area contributed by atoms with Gasteiger partial charge in [0.25, 0.3) is 0 Å². The molecule has 4 rings (SSSR count). The van der Waals surface area contributed by atoms with Gasteiger partial charge in [0.05, 0.1) is 14.2 Å². The standard InChI is InChI=1S/C21H22N2O3S/c1-4-13-12-16-19(15-9-6-5-8-14(13)15)26-22-21(16)23-27-20-17(24-2)10-7-11-18(20)25-3/h5-11,13H,4,12H2,1-3H3,(H,22,23). The zero-order chi connectivity index (χ0) is 18.8. The first-order valence-electron chi connectivity index (χ1n) is 8.98. The van der Waals surface area contributed by atoms with Crippen molar-refractivity contribution in [2.24, 2.45) is 0 Å². The Morgan fingerprint density at radius 1 is 1.11 bits per heavy atom. The molecule has 1 N–H and O–H groups in total. The van der Waals surface area contributed by atoms with Crippen molar-refractivity contribution in [3.05, 3.63) is 53.6 Å². The number of hydrogen-bond donors (Lipinski definition) is 1. The molecular formula is C21H22N2O3S. The van der Waals surface area contributed by atoms with Gasteiger partial charge in [-0.2, -0.15) is 0 Å². The number of nitrogens with one attached hydrogen (secondary N) is 1. The Labute approximate surface area is 163 Å². The number of benzene rings is 2. The van der Waals surface area contributed by atoms with Crippen molar-refractivity contribution in [1.29, 1.82) is 0 Å². The third kappa shape index (κ3) is 3.14. The van der Waals surface area contributed by atoms with Crippen molar-refractivity contribution in [2.75, 3.05) is 18.9 Å². The highest BCUT2D eigenvalue weighted by molar-refractivity contribution is 8.00. The predicted molar refractivity (Wildman–Crippen MR) is 108 cm³/mol. The second-order valence-electron chi connectivity index (χ2n) is 6.43. The zero-order valence-corrected chi connectivity index (χ0v) is 16.4. The van der Waals surface area contributed by atoms with Crippen LogP contribution in [0.3, 0.4) is 0 Å². The quantitative estimate of drug-likeness (QED) is 0.566. The fourth-order valence-electron chi connectivity index (χ4n) is 3.59. The Morgan fingerprint density at radius 3 is 2.56 bits per heavy atom. The lowest BCUT2D eigenvalue weighted by Crippen LogP contribution is -2.10. The lowest BCUT2D eigenvalue weighted by atomic mass is 9.81. The van der Waals surface area contributed by atoms with Crippen molar-refractivity contribution >= 4 is 17.8 Å². The number of methoxy groups -OCH3 is 2. The van der Waals surface area contributed by atoms with Gasteiger partial charge in [-0.25, -0.2) is 0 Å². The second-order valence-corrected chi connectivity index (χ2v) is 7.25. The van der Waals surface area contributed by atoms with Crippen LogP contribution < -0.4 is 14.2 Å². The molecule has 0 bridgehead atoms. The third-order valence-electron chi connectivity index (χ3n) is 5.01. The molecule has 1 aliphatic carbocycles. The van der Waals surface area contributed by atoms with Gasteiger partial charge in [-0.15, -0.1) is 0 Å². The molecule has 0 aliphatic heterocycles. The van der Waals surface area contributed by atoms with Crippen LogP contribution in [0.25, 0.3) is 11.3 Å². The molecule has 1 heterocycles. The van der Waals surface area contributed by atoms with Crippen molar-refractivity contribution in [2.45, 2.75) is 30.6 Å². The predicted octanol–water partition coefficient (Wildman–Crippen LogP) is 5.53. The first-order valence-corrected chi connectivity index (χ1v) is 9.80. The van der Waals surface area contributed by atoms with Crippen LogP contribution in [0.2, 0.25) is 0 Å². The monoisotopic (exact) mass is 382 g/mol. The summed E-state index contributed by atoms with van der Waals surface area (Å²) in [5, 5.41) is 4.30. The van der Waals surface area contributed by atoms with E-state index in [2.05, 4.69) is 35.0 Å². The highest BCUT2D eigenvalue weighted by atomic mass is 32.2. The van der Waals surface area contributed by atoms with Crippen molar-refractivity contribution < 1.29 is 14.0 Å². The molecule has 1 unspecified atom stereocenters. The van der Waals surface area contributed by atoms with Crippen LogP contribution in [0.4, 0.5) is 5.82 Å². The maximum absolute atomic E-state index is 5.72. The lowest BCUT2D eigenvalue weighted by Gasteiger charge is -2.23. The summed E-state index contributed by atoms with van der Waals surface area (Å²) in [4.78, 5) is 0.877. The summed E-state index contributed by atoms with van der Waals surface area (Å²) in [7, 11) is 3.30. The maximum atomic E-state index is 5.72. The first kappa shape index (κ1) is 17.8. The Balaban J connectivity index is 1.65. The number of ether oxygens (including phenoxy) is 2. The van der Waals surface area contributed by atoms with Crippen LogP contribution in [0.5, 0.6) is 11.5 Å². The summed E-state index contributed by atoms with van der Waals surface area (Å²) in [5.74, 6) is 3.60. The summed E-state index contributed by atoms with van der Waals surface area (Å²) < 4.78 is 20.0. The maximum Gasteiger partial charge on any atom is 0.183 e. The van der Waals surface area contributed by atoms with Gasteiger partial charge in [0.15, 0.2) is 11.6 Å². The normalized spacial score (nSPS) is 15.0. The molecule has 0 saturated heterocycles. The van der Waals surface area contributed by atoms with Gasteiger partial charge in [-0.05, 0) is 48.4 Å². The van der Waals surface area contributed by atoms with Crippen LogP contribution in [-0.2, 0) is 6.42 Å². The van der Waals surface area contributed by atoms with Crippen LogP contribution in [0.15, 0.2) is 51.9 Å². The van der Waals surface area contributed by atoms with Crippen LogP contribution in [0, 0.1) is 0 Å². The van der Waals surface area contributed by atoms with E-state index in [0.717, 1.165) is 51.9 Å². The Morgan fingerprint density at radius 2 is 1.85 bits per heavy atom. The van der Waals surface area contributed by atoms with Gasteiger partial charge >= 0.3 is 0 Å². The van der Waals surface area contributed by atoms with Crippen LogP contribution in [-0.4, -0.2) is 19.4 Å². The van der Waals surface area contributed by atoms with E-state index in [9.17, 15) is 0 Å². The van der Waals surface area contributed by atoms with Gasteiger partial charge in [0, 0.05) is 11.1 Å². The first-order chi connectivity index (χ1) is 13.3. The Hall–Kier alpha value is -2.60. The smallest absolute Gasteiger partial charge is 0.183 e. The molecule has 140 valence electrons. The zero-order valence-electron chi connectivity index (χ0n) is 15.6. The molecule has 0 radical (unpaired) electrons. The minimum Gasteiger partial charge on any atom is -0.495 e. The van der Waals surface area contributed by atoms with Gasteiger partial charge < -0.3 is 18.7 Å². The van der Waals surface area contributed by atoms with E-state index in [0.29, 0.717) is 5.92 Å². The van der Waals surface area contributed by atoms with E-state index in [1.807, 2.05) is 24.3 Å². The molecule has 0 spiro atoms. The number of fused-ring (bicyclic) bond motifs is 3. The lowest BCUT2D eigenvalue weighted by molar-refractivity contribution is 0.376. The van der Waals surface area contributed by atoms with Crippen LogP contribution in [0.1, 0.15) is 30.4 Å². The van der Waals surface area contributed by atoms with E-state index in [1.165, 1.54) is 17.5 Å². The number of hydrogen-bond acceptors (Lipinski definition) is 6. The largest absolute Gasteiger partial charge is 0.495 e. The second kappa shape index (κ2) is 7.56. The van der Waals surface area contributed by atoms with E-state index < -0.39 is 0 Å². The fourth-order valence-corrected chi connectivity index (χ4v) is 4.45. The molecule has 1 aromatic heterocycles. The molecule has 1 atom stereocenters. The summed E-state index contributed by atoms with van der Waals surface area (Å²) >= 11 is 1.42. The molecule has 5 nitrogen and oxygen atoms in total. The van der Waals surface area contributed by atoms with E-state index in [4.69, 9.17) is 14.0 Å². The molecule has 2 aromatic carbocycles. The number of aromatic nitrogens is 1. The fraction of sp³-hybridized carbons (Fsp3) is 0.286. The Bertz CT molecular complexity index is 932. The molecule has 0 saturated carbocycles. The van der Waals surface area contributed by atoms with Crippen molar-refractivity contribution in [1.82, 2.24) is 5.16 Å². The van der Waals surface area contributed by atoms with Crippen LogP contribution >= 0.6 is 11.9 Å². The van der Waals surface area contributed by atoms with Crippen molar-refractivity contribution in [3.8, 4) is 22.8 Å². The van der Waals surface area contributed by atoms with Gasteiger partial charge in [0.1, 0.15) is 16.4 Å². The summed E-state index contributed by atoms with van der Waals surface area (Å²) in [6.07, 6.45) is 1.99. The average Bonchev–Trinajstić information content (AvgIpc) is 3.14.